The van der Waals surface area contributed by atoms with Crippen LogP contribution >= 0.6 is 0 Å². The summed E-state index contributed by atoms with van der Waals surface area (Å²) in [5.74, 6) is -0.713. The third-order valence-electron chi connectivity index (χ3n) is 1.76. The average molecular weight is 247 g/mol. The highest BCUT2D eigenvalue weighted by Crippen LogP contribution is 2.29. The van der Waals surface area contributed by atoms with Gasteiger partial charge in [0, 0.05) is 6.42 Å². The van der Waals surface area contributed by atoms with E-state index in [1.54, 1.807) is 0 Å². The lowest BCUT2D eigenvalue weighted by Crippen LogP contribution is -2.20. The fraction of sp³-hybridized carbons (Fsp3) is 0.222. The van der Waals surface area contributed by atoms with Gasteiger partial charge in [-0.2, -0.15) is 13.2 Å². The van der Waals surface area contributed by atoms with Gasteiger partial charge in [-0.05, 0) is 0 Å². The van der Waals surface area contributed by atoms with Gasteiger partial charge in [0.2, 0.25) is 5.91 Å². The second kappa shape index (κ2) is 4.81. The smallest absolute Gasteiger partial charge is 0.369 e. The summed E-state index contributed by atoms with van der Waals surface area (Å²) < 4.78 is 37.4. The van der Waals surface area contributed by atoms with E-state index in [1.165, 1.54) is 0 Å². The Morgan fingerprint density at radius 3 is 2.71 bits per heavy atom. The van der Waals surface area contributed by atoms with Crippen LogP contribution in [0.15, 0.2) is 17.2 Å². The second-order valence-electron chi connectivity index (χ2n) is 3.06. The van der Waals surface area contributed by atoms with Gasteiger partial charge in [-0.25, -0.2) is 4.98 Å². The molecule has 0 aliphatic rings. The number of carbonyl (C=O) groups excluding carboxylic acids is 1. The molecule has 0 aliphatic carbocycles. The van der Waals surface area contributed by atoms with E-state index in [2.05, 4.69) is 4.98 Å². The quantitative estimate of drug-likeness (QED) is 0.822. The summed E-state index contributed by atoms with van der Waals surface area (Å²) in [6.07, 6.45) is -2.38. The number of aromatic nitrogens is 2. The molecule has 0 aliphatic heterocycles. The summed E-state index contributed by atoms with van der Waals surface area (Å²) in [6, 6.07) is 0. The number of hydrogen-bond donors (Lipinski definition) is 2. The molecule has 5 nitrogen and oxygen atoms in total. The summed E-state index contributed by atoms with van der Waals surface area (Å²) in [5, 5.41) is 0. The number of H-pyrrole nitrogens is 1. The van der Waals surface area contributed by atoms with Crippen molar-refractivity contribution in [3.63, 3.8) is 0 Å². The molecule has 0 saturated heterocycles. The monoisotopic (exact) mass is 247 g/mol. The van der Waals surface area contributed by atoms with Gasteiger partial charge in [-0.3, -0.25) is 9.59 Å². The SMILES string of the molecule is NC(=O)CC=Cc1c(C(F)(F)F)nc[nH]c1=O. The van der Waals surface area contributed by atoms with Crippen molar-refractivity contribution in [3.8, 4) is 0 Å². The van der Waals surface area contributed by atoms with Crippen LogP contribution in [0.25, 0.3) is 6.08 Å². The number of nitrogens with one attached hydrogen (secondary N) is 1. The van der Waals surface area contributed by atoms with Crippen molar-refractivity contribution in [1.82, 2.24) is 9.97 Å². The maximum atomic E-state index is 12.5. The van der Waals surface area contributed by atoms with Crippen LogP contribution < -0.4 is 11.3 Å². The number of primary amides is 1. The number of carbonyl (C=O) groups is 1. The van der Waals surface area contributed by atoms with Crippen LogP contribution in [-0.2, 0) is 11.0 Å². The first-order valence-electron chi connectivity index (χ1n) is 4.42. The summed E-state index contributed by atoms with van der Waals surface area (Å²) in [6.45, 7) is 0. The number of nitrogens with zero attached hydrogens (tertiary/aromatic N) is 1. The molecule has 0 saturated carbocycles. The molecular formula is C9H8F3N3O2. The highest BCUT2D eigenvalue weighted by molar-refractivity contribution is 5.76. The molecule has 3 N–H and O–H groups in total. The Bertz CT molecular complexity index is 505. The van der Waals surface area contributed by atoms with Crippen molar-refractivity contribution in [2.45, 2.75) is 12.6 Å². The van der Waals surface area contributed by atoms with Gasteiger partial charge in [0.05, 0.1) is 11.9 Å². The normalized spacial score (nSPS) is 11.9. The van der Waals surface area contributed by atoms with Crippen LogP contribution in [0.1, 0.15) is 17.7 Å². The Balaban J connectivity index is 3.18. The molecule has 92 valence electrons. The van der Waals surface area contributed by atoms with Crippen LogP contribution in [0.3, 0.4) is 0 Å². The number of aromatic amines is 1. The zero-order valence-electron chi connectivity index (χ0n) is 8.41. The van der Waals surface area contributed by atoms with E-state index in [-0.39, 0.29) is 6.42 Å². The summed E-state index contributed by atoms with van der Waals surface area (Å²) in [7, 11) is 0. The number of hydrogen-bond acceptors (Lipinski definition) is 3. The lowest BCUT2D eigenvalue weighted by molar-refractivity contribution is -0.141. The van der Waals surface area contributed by atoms with E-state index < -0.39 is 28.9 Å². The zero-order chi connectivity index (χ0) is 13.1. The molecule has 0 atom stereocenters. The van der Waals surface area contributed by atoms with Crippen molar-refractivity contribution in [1.29, 1.82) is 0 Å². The average Bonchev–Trinajstić information content (AvgIpc) is 2.18. The van der Waals surface area contributed by atoms with Crippen LogP contribution in [0, 0.1) is 0 Å². The predicted octanol–water partition coefficient (Wildman–Crippen LogP) is 0.677. The van der Waals surface area contributed by atoms with Crippen LogP contribution in [-0.4, -0.2) is 15.9 Å². The topological polar surface area (TPSA) is 88.8 Å². The third-order valence-corrected chi connectivity index (χ3v) is 1.76. The van der Waals surface area contributed by atoms with Crippen LogP contribution in [0.4, 0.5) is 13.2 Å². The minimum absolute atomic E-state index is 0.258. The Morgan fingerprint density at radius 1 is 1.53 bits per heavy atom. The van der Waals surface area contributed by atoms with Crippen LogP contribution in [0.2, 0.25) is 0 Å². The first-order valence-corrected chi connectivity index (χ1v) is 4.42. The highest BCUT2D eigenvalue weighted by Gasteiger charge is 2.35. The molecule has 0 aromatic carbocycles. The third kappa shape index (κ3) is 3.44. The number of nitrogens with two attached hydrogens (primary N) is 1. The lowest BCUT2D eigenvalue weighted by Gasteiger charge is -2.07. The first-order chi connectivity index (χ1) is 7.82. The first kappa shape index (κ1) is 12.9. The van der Waals surface area contributed by atoms with E-state index in [4.69, 9.17) is 5.73 Å². The van der Waals surface area contributed by atoms with Gasteiger partial charge in [-0.1, -0.05) is 12.2 Å². The van der Waals surface area contributed by atoms with Crippen molar-refractivity contribution < 1.29 is 18.0 Å². The standard InChI is InChI=1S/C9H8F3N3O2/c10-9(11,12)7-5(2-1-3-6(13)16)8(17)15-4-14-7/h1-2,4H,3H2,(H2,13,16)(H,14,15,17). The molecule has 1 amide bonds. The van der Waals surface area contributed by atoms with Gasteiger partial charge < -0.3 is 10.7 Å². The van der Waals surface area contributed by atoms with Crippen LogP contribution in [0.5, 0.6) is 0 Å². The predicted molar refractivity (Wildman–Crippen MR) is 52.7 cm³/mol. The Morgan fingerprint density at radius 2 is 2.18 bits per heavy atom. The lowest BCUT2D eigenvalue weighted by atomic mass is 10.2. The van der Waals surface area contributed by atoms with E-state index in [0.717, 1.165) is 12.2 Å². The molecular weight excluding hydrogens is 239 g/mol. The second-order valence-corrected chi connectivity index (χ2v) is 3.06. The van der Waals surface area contributed by atoms with E-state index >= 15 is 0 Å². The van der Waals surface area contributed by atoms with E-state index in [0.29, 0.717) is 6.33 Å². The number of alkyl halides is 3. The molecule has 1 aromatic rings. The zero-order valence-corrected chi connectivity index (χ0v) is 8.41. The van der Waals surface area contributed by atoms with Gasteiger partial charge in [-0.15, -0.1) is 0 Å². The molecule has 0 unspecified atom stereocenters. The molecule has 0 radical (unpaired) electrons. The molecule has 0 bridgehead atoms. The number of rotatable bonds is 3. The Labute approximate surface area is 93.2 Å². The number of halogens is 3. The molecule has 0 fully saturated rings. The van der Waals surface area contributed by atoms with Gasteiger partial charge >= 0.3 is 6.18 Å². The Hall–Kier alpha value is -2.12. The van der Waals surface area contributed by atoms with E-state index in [9.17, 15) is 22.8 Å². The highest BCUT2D eigenvalue weighted by atomic mass is 19.4. The molecule has 1 aromatic heterocycles. The maximum absolute atomic E-state index is 12.5. The minimum atomic E-state index is -4.74. The van der Waals surface area contributed by atoms with Gasteiger partial charge in [0.25, 0.3) is 5.56 Å². The van der Waals surface area contributed by atoms with Crippen molar-refractivity contribution >= 4 is 12.0 Å². The minimum Gasteiger partial charge on any atom is -0.369 e. The van der Waals surface area contributed by atoms with Crippen molar-refractivity contribution in [2.75, 3.05) is 0 Å². The van der Waals surface area contributed by atoms with Gasteiger partial charge in [0.1, 0.15) is 0 Å². The molecule has 1 heterocycles. The summed E-state index contributed by atoms with van der Waals surface area (Å²) >= 11 is 0. The fourth-order valence-electron chi connectivity index (χ4n) is 1.08. The van der Waals surface area contributed by atoms with Gasteiger partial charge in [0.15, 0.2) is 5.69 Å². The molecule has 17 heavy (non-hydrogen) atoms. The molecule has 1 rings (SSSR count). The molecule has 0 spiro atoms. The van der Waals surface area contributed by atoms with E-state index in [1.807, 2.05) is 4.98 Å². The Kier molecular flexibility index (Phi) is 3.66. The van der Waals surface area contributed by atoms with Crippen molar-refractivity contribution in [2.24, 2.45) is 5.73 Å². The fourth-order valence-corrected chi connectivity index (χ4v) is 1.08. The summed E-state index contributed by atoms with van der Waals surface area (Å²) in [4.78, 5) is 26.7. The van der Waals surface area contributed by atoms with Crippen molar-refractivity contribution in [3.05, 3.63) is 34.0 Å². The summed E-state index contributed by atoms with van der Waals surface area (Å²) in [5.41, 5.74) is 1.91. The molecule has 8 heteroatoms. The maximum Gasteiger partial charge on any atom is 0.434 e. The number of amides is 1. The largest absolute Gasteiger partial charge is 0.434 e.